The number of nitrogens with zero attached hydrogens (tertiary/aromatic N) is 1. The van der Waals surface area contributed by atoms with E-state index in [4.69, 9.17) is 9.47 Å². The first-order valence-corrected chi connectivity index (χ1v) is 9.58. The average Bonchev–Trinajstić information content (AvgIpc) is 2.96. The molecular formula is C20H20N2O4S. The molecule has 3 aromatic rings. The van der Waals surface area contributed by atoms with E-state index in [2.05, 4.69) is 9.97 Å². The number of esters is 1. The van der Waals surface area contributed by atoms with Crippen molar-refractivity contribution >= 4 is 27.5 Å². The summed E-state index contributed by atoms with van der Waals surface area (Å²) in [4.78, 5) is 33.5. The molecule has 2 aromatic heterocycles. The normalized spacial score (nSPS) is 15.5. The number of H-pyrrole nitrogens is 1. The van der Waals surface area contributed by atoms with Crippen molar-refractivity contribution in [1.82, 2.24) is 9.97 Å². The Hall–Kier alpha value is -2.51. The molecule has 0 radical (unpaired) electrons. The molecule has 27 heavy (non-hydrogen) atoms. The number of fused-ring (bicyclic) bond motifs is 1. The quantitative estimate of drug-likeness (QED) is 0.684. The predicted molar refractivity (Wildman–Crippen MR) is 103 cm³/mol. The highest BCUT2D eigenvalue weighted by Crippen LogP contribution is 2.30. The zero-order chi connectivity index (χ0) is 19.0. The van der Waals surface area contributed by atoms with Gasteiger partial charge in [0.05, 0.1) is 18.6 Å². The van der Waals surface area contributed by atoms with Crippen LogP contribution in [0, 0.1) is 12.3 Å². The number of nitrogens with one attached hydrogen (secondary N) is 1. The Morgan fingerprint density at radius 3 is 2.74 bits per heavy atom. The predicted octanol–water partition coefficient (Wildman–Crippen LogP) is 3.08. The first-order valence-electron chi connectivity index (χ1n) is 8.76. The van der Waals surface area contributed by atoms with Gasteiger partial charge in [-0.15, -0.1) is 11.3 Å². The summed E-state index contributed by atoms with van der Waals surface area (Å²) in [6.45, 7) is 5.27. The van der Waals surface area contributed by atoms with Gasteiger partial charge in [0.1, 0.15) is 22.1 Å². The third-order valence-electron chi connectivity index (χ3n) is 4.70. The lowest BCUT2D eigenvalue weighted by Gasteiger charge is -2.37. The zero-order valence-corrected chi connectivity index (χ0v) is 16.0. The van der Waals surface area contributed by atoms with E-state index in [9.17, 15) is 9.59 Å². The summed E-state index contributed by atoms with van der Waals surface area (Å²) < 4.78 is 10.6. The van der Waals surface area contributed by atoms with E-state index in [0.29, 0.717) is 52.7 Å². The first-order chi connectivity index (χ1) is 13.0. The molecule has 1 aliphatic heterocycles. The zero-order valence-electron chi connectivity index (χ0n) is 15.2. The molecule has 6 nitrogen and oxygen atoms in total. The number of benzene rings is 1. The number of aromatic nitrogens is 2. The van der Waals surface area contributed by atoms with Crippen LogP contribution in [-0.2, 0) is 15.9 Å². The van der Waals surface area contributed by atoms with Crippen LogP contribution >= 0.6 is 11.3 Å². The second kappa shape index (κ2) is 6.90. The standard InChI is InChI=1S/C20H20N2O4S/c1-12-15-17(23)21-14(8-13-6-4-3-5-7-13)22-18(15)27-16(12)19(24)26-11-20(2)9-25-10-20/h3-7H,8-11H2,1-2H3,(H,21,22,23). The number of carbonyl (C=O) groups excluding carboxylic acids is 1. The Morgan fingerprint density at radius 1 is 1.33 bits per heavy atom. The van der Waals surface area contributed by atoms with E-state index >= 15 is 0 Å². The number of thiophene rings is 1. The Labute approximate surface area is 160 Å². The van der Waals surface area contributed by atoms with E-state index in [1.807, 2.05) is 37.3 Å². The highest BCUT2D eigenvalue weighted by molar-refractivity contribution is 7.20. The largest absolute Gasteiger partial charge is 0.461 e. The molecule has 7 heteroatoms. The molecular weight excluding hydrogens is 364 g/mol. The van der Waals surface area contributed by atoms with Crippen LogP contribution in [0.1, 0.15) is 33.5 Å². The van der Waals surface area contributed by atoms with Gasteiger partial charge in [0.25, 0.3) is 5.56 Å². The number of rotatable bonds is 5. The minimum Gasteiger partial charge on any atom is -0.461 e. The van der Waals surface area contributed by atoms with Crippen molar-refractivity contribution in [2.45, 2.75) is 20.3 Å². The fourth-order valence-corrected chi connectivity index (χ4v) is 4.19. The van der Waals surface area contributed by atoms with Crippen LogP contribution in [0.15, 0.2) is 35.1 Å². The van der Waals surface area contributed by atoms with Crippen molar-refractivity contribution in [3.05, 3.63) is 62.5 Å². The molecule has 1 N–H and O–H groups in total. The van der Waals surface area contributed by atoms with Crippen LogP contribution in [0.5, 0.6) is 0 Å². The Bertz CT molecular complexity index is 1050. The lowest BCUT2D eigenvalue weighted by atomic mass is 9.90. The summed E-state index contributed by atoms with van der Waals surface area (Å²) in [6, 6.07) is 9.81. The smallest absolute Gasteiger partial charge is 0.348 e. The summed E-state index contributed by atoms with van der Waals surface area (Å²) in [5, 5.41) is 0.460. The van der Waals surface area contributed by atoms with E-state index in [0.717, 1.165) is 5.56 Å². The molecule has 0 spiro atoms. The number of hydrogen-bond acceptors (Lipinski definition) is 6. The number of aryl methyl sites for hydroxylation is 1. The number of carbonyl (C=O) groups is 1. The number of hydrogen-bond donors (Lipinski definition) is 1. The lowest BCUT2D eigenvalue weighted by molar-refractivity contribution is -0.127. The average molecular weight is 384 g/mol. The highest BCUT2D eigenvalue weighted by atomic mass is 32.1. The van der Waals surface area contributed by atoms with Gasteiger partial charge in [0.2, 0.25) is 0 Å². The van der Waals surface area contributed by atoms with Crippen molar-refractivity contribution in [2.75, 3.05) is 19.8 Å². The van der Waals surface area contributed by atoms with Gasteiger partial charge >= 0.3 is 5.97 Å². The molecule has 1 aromatic carbocycles. The summed E-state index contributed by atoms with van der Waals surface area (Å²) in [5.41, 5.74) is 1.34. The monoisotopic (exact) mass is 384 g/mol. The maximum atomic E-state index is 12.6. The molecule has 1 fully saturated rings. The van der Waals surface area contributed by atoms with Crippen molar-refractivity contribution in [3.8, 4) is 0 Å². The van der Waals surface area contributed by atoms with Crippen molar-refractivity contribution in [3.63, 3.8) is 0 Å². The molecule has 0 aliphatic carbocycles. The molecule has 0 amide bonds. The second-order valence-corrected chi connectivity index (χ2v) is 8.29. The number of aromatic amines is 1. The van der Waals surface area contributed by atoms with Gasteiger partial charge in [-0.2, -0.15) is 0 Å². The lowest BCUT2D eigenvalue weighted by Crippen LogP contribution is -2.44. The molecule has 3 heterocycles. The van der Waals surface area contributed by atoms with Gasteiger partial charge in [0.15, 0.2) is 0 Å². The minimum absolute atomic E-state index is 0.112. The summed E-state index contributed by atoms with van der Waals surface area (Å²) in [5.74, 6) is 0.173. The minimum atomic E-state index is -0.410. The fourth-order valence-electron chi connectivity index (χ4n) is 3.10. The third kappa shape index (κ3) is 3.52. The Balaban J connectivity index is 1.61. The third-order valence-corrected chi connectivity index (χ3v) is 5.87. The van der Waals surface area contributed by atoms with Gasteiger partial charge in [-0.05, 0) is 18.1 Å². The highest BCUT2D eigenvalue weighted by Gasteiger charge is 2.35. The van der Waals surface area contributed by atoms with E-state index in [1.54, 1.807) is 6.92 Å². The summed E-state index contributed by atoms with van der Waals surface area (Å²) in [6.07, 6.45) is 0.529. The second-order valence-electron chi connectivity index (χ2n) is 7.29. The van der Waals surface area contributed by atoms with Gasteiger partial charge < -0.3 is 14.5 Å². The molecule has 0 unspecified atom stereocenters. The molecule has 1 saturated heterocycles. The van der Waals surface area contributed by atoms with Crippen LogP contribution in [-0.4, -0.2) is 35.8 Å². The van der Waals surface area contributed by atoms with E-state index < -0.39 is 5.97 Å². The van der Waals surface area contributed by atoms with Crippen LogP contribution < -0.4 is 5.56 Å². The van der Waals surface area contributed by atoms with Gasteiger partial charge in [-0.3, -0.25) is 4.79 Å². The van der Waals surface area contributed by atoms with Gasteiger partial charge in [-0.1, -0.05) is 37.3 Å². The van der Waals surface area contributed by atoms with Crippen LogP contribution in [0.25, 0.3) is 10.2 Å². The molecule has 0 atom stereocenters. The molecule has 0 bridgehead atoms. The maximum absolute atomic E-state index is 12.6. The molecule has 1 aliphatic rings. The maximum Gasteiger partial charge on any atom is 0.348 e. The molecule has 0 saturated carbocycles. The van der Waals surface area contributed by atoms with Crippen molar-refractivity contribution < 1.29 is 14.3 Å². The van der Waals surface area contributed by atoms with Gasteiger partial charge in [-0.25, -0.2) is 9.78 Å². The molecule has 4 rings (SSSR count). The fraction of sp³-hybridized carbons (Fsp3) is 0.350. The topological polar surface area (TPSA) is 81.3 Å². The molecule has 140 valence electrons. The van der Waals surface area contributed by atoms with E-state index in [-0.39, 0.29) is 11.0 Å². The Morgan fingerprint density at radius 2 is 2.07 bits per heavy atom. The van der Waals surface area contributed by atoms with Gasteiger partial charge in [0, 0.05) is 11.8 Å². The first kappa shape index (κ1) is 17.9. The van der Waals surface area contributed by atoms with Crippen LogP contribution in [0.2, 0.25) is 0 Å². The van der Waals surface area contributed by atoms with E-state index in [1.165, 1.54) is 11.3 Å². The van der Waals surface area contributed by atoms with Crippen molar-refractivity contribution in [2.24, 2.45) is 5.41 Å². The summed E-state index contributed by atoms with van der Waals surface area (Å²) in [7, 11) is 0. The Kier molecular flexibility index (Phi) is 4.57. The van der Waals surface area contributed by atoms with Crippen LogP contribution in [0.3, 0.4) is 0 Å². The SMILES string of the molecule is Cc1c(C(=O)OCC2(C)COC2)sc2nc(Cc3ccccc3)[nH]c(=O)c12. The summed E-state index contributed by atoms with van der Waals surface area (Å²) >= 11 is 1.21. The number of ether oxygens (including phenoxy) is 2. The van der Waals surface area contributed by atoms with Crippen molar-refractivity contribution in [1.29, 1.82) is 0 Å². The van der Waals surface area contributed by atoms with Crippen LogP contribution in [0.4, 0.5) is 0 Å².